The van der Waals surface area contributed by atoms with E-state index in [2.05, 4.69) is 6.92 Å². The van der Waals surface area contributed by atoms with E-state index in [4.69, 9.17) is 4.74 Å². The number of carbonyl (C=O) groups excluding carboxylic acids is 3. The van der Waals surface area contributed by atoms with Crippen molar-refractivity contribution >= 4 is 23.3 Å². The number of hydrogen-bond acceptors (Lipinski definition) is 5. The lowest BCUT2D eigenvalue weighted by molar-refractivity contribution is -0.146. The van der Waals surface area contributed by atoms with Gasteiger partial charge in [0.15, 0.2) is 0 Å². The van der Waals surface area contributed by atoms with E-state index in [0.29, 0.717) is 12.0 Å². The molecule has 0 amide bonds. The van der Waals surface area contributed by atoms with E-state index in [1.54, 1.807) is 24.3 Å². The molecule has 2 rings (SSSR count). The summed E-state index contributed by atoms with van der Waals surface area (Å²) >= 11 is 0. The van der Waals surface area contributed by atoms with Crippen molar-refractivity contribution in [1.82, 2.24) is 0 Å². The minimum atomic E-state index is -0.684. The molecule has 0 radical (unpaired) electrons. The van der Waals surface area contributed by atoms with Gasteiger partial charge in [0.2, 0.25) is 11.6 Å². The zero-order valence-corrected chi connectivity index (χ0v) is 21.3. The van der Waals surface area contributed by atoms with Gasteiger partial charge in [-0.25, -0.2) is 0 Å². The Kier molecular flexibility index (Phi) is 11.5. The molecule has 0 heterocycles. The Balaban J connectivity index is 1.68. The summed E-state index contributed by atoms with van der Waals surface area (Å²) in [4.78, 5) is 37.2. The Labute approximate surface area is 205 Å². The van der Waals surface area contributed by atoms with Crippen molar-refractivity contribution < 1.29 is 24.2 Å². The van der Waals surface area contributed by atoms with E-state index < -0.39 is 17.0 Å². The van der Waals surface area contributed by atoms with Crippen molar-refractivity contribution in [2.45, 2.75) is 104 Å². The number of benzene rings is 1. The molecule has 0 atom stereocenters. The number of unbranched alkanes of at least 4 members (excludes halogenated alkanes) is 10. The molecule has 0 bridgehead atoms. The summed E-state index contributed by atoms with van der Waals surface area (Å²) in [6.07, 6.45) is 14.1. The van der Waals surface area contributed by atoms with Crippen molar-refractivity contribution in [3.8, 4) is 0 Å². The van der Waals surface area contributed by atoms with Crippen LogP contribution in [0.3, 0.4) is 0 Å². The standard InChI is InChI=1S/C29H42O5/c1-4-5-6-7-8-9-10-11-12-13-14-19-25(30)34-21-29(2,3)20-24-26(31)22-17-15-16-18-23(22)27(32)28(24)33/h15-18,31H,4-14,19-21H2,1-3H3. The molecule has 1 aromatic carbocycles. The van der Waals surface area contributed by atoms with Crippen LogP contribution in [0.5, 0.6) is 0 Å². The molecule has 1 aromatic rings. The number of hydrogen-bond donors (Lipinski definition) is 1. The van der Waals surface area contributed by atoms with Crippen molar-refractivity contribution in [3.05, 3.63) is 41.0 Å². The first-order chi connectivity index (χ1) is 16.3. The van der Waals surface area contributed by atoms with Crippen LogP contribution in [0, 0.1) is 5.41 Å². The topological polar surface area (TPSA) is 80.7 Å². The predicted molar refractivity (Wildman–Crippen MR) is 136 cm³/mol. The molecule has 1 aliphatic rings. The van der Waals surface area contributed by atoms with Crippen LogP contribution in [0.2, 0.25) is 0 Å². The van der Waals surface area contributed by atoms with Crippen LogP contribution in [0.25, 0.3) is 5.76 Å². The van der Waals surface area contributed by atoms with Gasteiger partial charge in [-0.15, -0.1) is 0 Å². The van der Waals surface area contributed by atoms with Crippen LogP contribution >= 0.6 is 0 Å². The third-order valence-corrected chi connectivity index (χ3v) is 6.46. The lowest BCUT2D eigenvalue weighted by Gasteiger charge is -2.27. The molecular weight excluding hydrogens is 428 g/mol. The zero-order chi connectivity index (χ0) is 25.0. The smallest absolute Gasteiger partial charge is 0.305 e. The summed E-state index contributed by atoms with van der Waals surface area (Å²) in [6.45, 7) is 6.09. The molecule has 0 saturated heterocycles. The molecule has 0 spiro atoms. The van der Waals surface area contributed by atoms with E-state index in [1.807, 2.05) is 13.8 Å². The van der Waals surface area contributed by atoms with Gasteiger partial charge in [0.05, 0.1) is 6.61 Å². The van der Waals surface area contributed by atoms with Crippen LogP contribution in [0.15, 0.2) is 29.8 Å². The third-order valence-electron chi connectivity index (χ3n) is 6.46. The SMILES string of the molecule is CCCCCCCCCCCCCC(=O)OCC(C)(C)CC1=C(O)c2ccccc2C(=O)C1=O. The fourth-order valence-electron chi connectivity index (χ4n) is 4.39. The van der Waals surface area contributed by atoms with Gasteiger partial charge < -0.3 is 9.84 Å². The first kappa shape index (κ1) is 27.8. The number of rotatable bonds is 16. The third kappa shape index (κ3) is 8.73. The number of carbonyl (C=O) groups is 3. The summed E-state index contributed by atoms with van der Waals surface area (Å²) in [7, 11) is 0. The van der Waals surface area contributed by atoms with Gasteiger partial charge in [-0.1, -0.05) is 109 Å². The normalized spacial score (nSPS) is 13.9. The molecule has 1 aliphatic carbocycles. The molecule has 0 aromatic heterocycles. The maximum absolute atomic E-state index is 12.6. The molecular formula is C29H42O5. The molecule has 1 N–H and O–H groups in total. The highest BCUT2D eigenvalue weighted by Gasteiger charge is 2.36. The minimum Gasteiger partial charge on any atom is -0.507 e. The number of aliphatic hydroxyl groups excluding tert-OH is 1. The van der Waals surface area contributed by atoms with Gasteiger partial charge in [-0.2, -0.15) is 0 Å². The van der Waals surface area contributed by atoms with E-state index >= 15 is 0 Å². The van der Waals surface area contributed by atoms with E-state index in [9.17, 15) is 19.5 Å². The average Bonchev–Trinajstić information content (AvgIpc) is 2.82. The molecule has 0 saturated carbocycles. The average molecular weight is 471 g/mol. The van der Waals surface area contributed by atoms with Crippen molar-refractivity contribution in [1.29, 1.82) is 0 Å². The Morgan fingerprint density at radius 1 is 0.824 bits per heavy atom. The zero-order valence-electron chi connectivity index (χ0n) is 21.3. The summed E-state index contributed by atoms with van der Waals surface area (Å²) in [5.74, 6) is -1.68. The van der Waals surface area contributed by atoms with Gasteiger partial charge in [0, 0.05) is 28.5 Å². The number of aliphatic hydroxyl groups is 1. The lowest BCUT2D eigenvalue weighted by atomic mass is 9.79. The summed E-state index contributed by atoms with van der Waals surface area (Å²) in [5, 5.41) is 10.6. The number of Topliss-reactive ketones (excluding diaryl/α,β-unsaturated/α-hetero) is 2. The second-order valence-corrected chi connectivity index (χ2v) is 10.3. The molecule has 0 fully saturated rings. The Bertz CT molecular complexity index is 865. The van der Waals surface area contributed by atoms with Crippen molar-refractivity contribution in [3.63, 3.8) is 0 Å². The number of fused-ring (bicyclic) bond motifs is 1. The summed E-state index contributed by atoms with van der Waals surface area (Å²) in [5.41, 5.74) is 0.115. The monoisotopic (exact) mass is 470 g/mol. The fraction of sp³-hybridized carbons (Fsp3) is 0.621. The summed E-state index contributed by atoms with van der Waals surface area (Å²) in [6, 6.07) is 6.57. The van der Waals surface area contributed by atoms with Crippen LogP contribution in [-0.4, -0.2) is 29.2 Å². The molecule has 188 valence electrons. The Hall–Kier alpha value is -2.43. The maximum atomic E-state index is 12.6. The Morgan fingerprint density at radius 2 is 1.35 bits per heavy atom. The van der Waals surface area contributed by atoms with Gasteiger partial charge >= 0.3 is 5.97 Å². The molecule has 5 nitrogen and oxygen atoms in total. The molecule has 0 unspecified atom stereocenters. The number of ether oxygens (including phenoxy) is 1. The fourth-order valence-corrected chi connectivity index (χ4v) is 4.39. The number of ketones is 2. The van der Waals surface area contributed by atoms with Crippen molar-refractivity contribution in [2.24, 2.45) is 5.41 Å². The second-order valence-electron chi connectivity index (χ2n) is 10.3. The highest BCUT2D eigenvalue weighted by molar-refractivity contribution is 6.52. The van der Waals surface area contributed by atoms with Crippen LogP contribution in [-0.2, 0) is 14.3 Å². The first-order valence-corrected chi connectivity index (χ1v) is 13.0. The predicted octanol–water partition coefficient (Wildman–Crippen LogP) is 7.38. The van der Waals surface area contributed by atoms with E-state index in [1.165, 1.54) is 51.4 Å². The lowest BCUT2D eigenvalue weighted by Crippen LogP contribution is -2.29. The molecule has 5 heteroatoms. The van der Waals surface area contributed by atoms with Crippen molar-refractivity contribution in [2.75, 3.05) is 6.61 Å². The maximum Gasteiger partial charge on any atom is 0.305 e. The van der Waals surface area contributed by atoms with E-state index in [0.717, 1.165) is 19.3 Å². The first-order valence-electron chi connectivity index (χ1n) is 13.0. The van der Waals surface area contributed by atoms with Gasteiger partial charge in [0.25, 0.3) is 0 Å². The van der Waals surface area contributed by atoms with Gasteiger partial charge in [0.1, 0.15) is 5.76 Å². The highest BCUT2D eigenvalue weighted by atomic mass is 16.5. The largest absolute Gasteiger partial charge is 0.507 e. The van der Waals surface area contributed by atoms with Crippen LogP contribution in [0.4, 0.5) is 0 Å². The van der Waals surface area contributed by atoms with Crippen LogP contribution < -0.4 is 0 Å². The molecule has 0 aliphatic heterocycles. The van der Waals surface area contributed by atoms with E-state index in [-0.39, 0.29) is 35.9 Å². The minimum absolute atomic E-state index is 0.0927. The van der Waals surface area contributed by atoms with Gasteiger partial charge in [-0.05, 0) is 12.8 Å². The quantitative estimate of drug-likeness (QED) is 0.155. The summed E-state index contributed by atoms with van der Waals surface area (Å²) < 4.78 is 5.47. The number of allylic oxidation sites excluding steroid dienone is 1. The highest BCUT2D eigenvalue weighted by Crippen LogP contribution is 2.35. The number of esters is 1. The van der Waals surface area contributed by atoms with Gasteiger partial charge in [-0.3, -0.25) is 14.4 Å². The van der Waals surface area contributed by atoms with Crippen LogP contribution in [0.1, 0.15) is 120 Å². The second kappa shape index (κ2) is 14.1. The Morgan fingerprint density at radius 3 is 1.94 bits per heavy atom. The molecule has 34 heavy (non-hydrogen) atoms.